The molecular weight excluding hydrogens is 147 g/mol. The summed E-state index contributed by atoms with van der Waals surface area (Å²) in [5, 5.41) is 1.51. The topological polar surface area (TPSA) is 0 Å². The molecule has 0 bridgehead atoms. The van der Waals surface area contributed by atoms with Crippen molar-refractivity contribution in [1.82, 2.24) is 0 Å². The molecule has 1 atom stereocenters. The minimum absolute atomic E-state index is 1.07. The molecule has 0 fully saturated rings. The van der Waals surface area contributed by atoms with Gasteiger partial charge in [0.25, 0.3) is 0 Å². The Kier molecular flexibility index (Phi) is 9.05. The van der Waals surface area contributed by atoms with Gasteiger partial charge in [-0.2, -0.15) is 0 Å². The highest BCUT2D eigenvalue weighted by atomic mass is 27.0. The number of rotatable bonds is 7. The summed E-state index contributed by atoms with van der Waals surface area (Å²) in [6.07, 6.45) is 8.69. The molecule has 0 aliphatic heterocycles. The summed E-state index contributed by atoms with van der Waals surface area (Å²) in [7, 11) is 0. The quantitative estimate of drug-likeness (QED) is 0.515. The van der Waals surface area contributed by atoms with E-state index in [1.54, 1.807) is 0 Å². The van der Waals surface area contributed by atoms with Crippen LogP contribution in [0.25, 0.3) is 0 Å². The zero-order chi connectivity index (χ0) is 8.53. The Labute approximate surface area is 80.2 Å². The molecule has 0 nitrogen and oxygen atoms in total. The van der Waals surface area contributed by atoms with E-state index in [2.05, 4.69) is 13.8 Å². The van der Waals surface area contributed by atoms with Crippen LogP contribution >= 0.6 is 0 Å². The van der Waals surface area contributed by atoms with E-state index in [9.17, 15) is 0 Å². The summed E-state index contributed by atoms with van der Waals surface area (Å²) >= 11 is 1.40. The molecule has 11 heavy (non-hydrogen) atoms. The summed E-state index contributed by atoms with van der Waals surface area (Å²) in [6, 6.07) is 0. The first-order chi connectivity index (χ1) is 5.35. The highest BCUT2D eigenvalue weighted by Crippen LogP contribution is 2.19. The average Bonchev–Trinajstić information content (AvgIpc) is 2.01. The minimum atomic E-state index is 1.07. The Hall–Kier alpha value is 0.532. The first-order valence-electron chi connectivity index (χ1n) is 5.35. The third-order valence-corrected chi connectivity index (χ3v) is 2.94. The second kappa shape index (κ2) is 8.63. The van der Waals surface area contributed by atoms with E-state index >= 15 is 0 Å². The van der Waals surface area contributed by atoms with E-state index in [1.807, 2.05) is 0 Å². The van der Waals surface area contributed by atoms with Gasteiger partial charge in [-0.25, -0.2) is 0 Å². The standard InChI is InChI=1S/C10H21.Al.2H/c1-4-7-9-10(6-3)8-5-2;;;/h10H,3-9H2,1-2H3;;;. The van der Waals surface area contributed by atoms with Gasteiger partial charge in [-0.1, -0.05) is 52.4 Å². The largest absolute Gasteiger partial charge is 0.211 e. The van der Waals surface area contributed by atoms with Gasteiger partial charge in [0.05, 0.1) is 0 Å². The van der Waals surface area contributed by atoms with Gasteiger partial charge >= 0.3 is 0 Å². The van der Waals surface area contributed by atoms with Crippen molar-refractivity contribution in [1.29, 1.82) is 0 Å². The van der Waals surface area contributed by atoms with Crippen molar-refractivity contribution in [3.63, 3.8) is 0 Å². The molecular formula is C10H23Al. The molecule has 1 heteroatoms. The van der Waals surface area contributed by atoms with Gasteiger partial charge in [0, 0.05) is 0 Å². The molecule has 0 aromatic carbocycles. The Morgan fingerprint density at radius 3 is 2.18 bits per heavy atom. The maximum Gasteiger partial charge on any atom is 0.211 e. The third-order valence-electron chi connectivity index (χ3n) is 2.36. The lowest BCUT2D eigenvalue weighted by Gasteiger charge is -2.13. The lowest BCUT2D eigenvalue weighted by molar-refractivity contribution is 0.417. The normalized spacial score (nSPS) is 13.3. The molecule has 0 amide bonds. The maximum atomic E-state index is 2.31. The van der Waals surface area contributed by atoms with E-state index in [4.69, 9.17) is 0 Å². The Morgan fingerprint density at radius 1 is 1.00 bits per heavy atom. The summed E-state index contributed by atoms with van der Waals surface area (Å²) in [4.78, 5) is 0. The van der Waals surface area contributed by atoms with Crippen molar-refractivity contribution in [2.45, 2.75) is 57.7 Å². The second-order valence-corrected chi connectivity index (χ2v) is 4.59. The maximum absolute atomic E-state index is 2.31. The van der Waals surface area contributed by atoms with Crippen molar-refractivity contribution in [3.05, 3.63) is 0 Å². The monoisotopic (exact) mass is 170 g/mol. The van der Waals surface area contributed by atoms with Crippen LogP contribution in [0.15, 0.2) is 0 Å². The van der Waals surface area contributed by atoms with Crippen molar-refractivity contribution >= 4 is 16.3 Å². The van der Waals surface area contributed by atoms with Gasteiger partial charge in [0.1, 0.15) is 0 Å². The molecule has 0 aromatic heterocycles. The summed E-state index contributed by atoms with van der Waals surface area (Å²) in [5.74, 6) is 1.07. The summed E-state index contributed by atoms with van der Waals surface area (Å²) in [5.41, 5.74) is 0. The Morgan fingerprint density at radius 2 is 1.73 bits per heavy atom. The fourth-order valence-electron chi connectivity index (χ4n) is 1.74. The van der Waals surface area contributed by atoms with Crippen LogP contribution in [0.4, 0.5) is 0 Å². The zero-order valence-electron chi connectivity index (χ0n) is 8.53. The zero-order valence-corrected chi connectivity index (χ0v) is 10.5. The van der Waals surface area contributed by atoms with E-state index < -0.39 is 0 Å². The molecule has 0 aliphatic rings. The van der Waals surface area contributed by atoms with E-state index in [0.717, 1.165) is 5.92 Å². The fourth-order valence-corrected chi connectivity index (χ4v) is 2.56. The predicted molar refractivity (Wildman–Crippen MR) is 55.9 cm³/mol. The SMILES string of the molecule is CCCCC(CCC)C[CH2][AlH2]. The van der Waals surface area contributed by atoms with E-state index in [0.29, 0.717) is 0 Å². The van der Waals surface area contributed by atoms with Crippen molar-refractivity contribution in [2.24, 2.45) is 5.92 Å². The van der Waals surface area contributed by atoms with Crippen molar-refractivity contribution in [3.8, 4) is 0 Å². The van der Waals surface area contributed by atoms with Crippen molar-refractivity contribution in [2.75, 3.05) is 0 Å². The number of hydrogen-bond donors (Lipinski definition) is 0. The van der Waals surface area contributed by atoms with Gasteiger partial charge in [-0.3, -0.25) is 0 Å². The van der Waals surface area contributed by atoms with Gasteiger partial charge in [-0.05, 0) is 5.92 Å². The second-order valence-electron chi connectivity index (χ2n) is 3.59. The molecule has 0 N–H and O–H groups in total. The smallest absolute Gasteiger partial charge is 0.101 e. The van der Waals surface area contributed by atoms with Crippen LogP contribution in [-0.4, -0.2) is 16.3 Å². The molecule has 0 rings (SSSR count). The molecule has 0 spiro atoms. The molecule has 1 unspecified atom stereocenters. The molecule has 0 aliphatic carbocycles. The molecule has 66 valence electrons. The Bertz CT molecular complexity index is 65.3. The van der Waals surface area contributed by atoms with Crippen molar-refractivity contribution < 1.29 is 0 Å². The number of hydrogen-bond acceptors (Lipinski definition) is 0. The lowest BCUT2D eigenvalue weighted by Crippen LogP contribution is -1.99. The van der Waals surface area contributed by atoms with Crippen LogP contribution in [0.1, 0.15) is 52.4 Å². The predicted octanol–water partition coefficient (Wildman–Crippen LogP) is 3.03. The summed E-state index contributed by atoms with van der Waals surface area (Å²) in [6.45, 7) is 4.61. The molecule has 0 heterocycles. The third kappa shape index (κ3) is 6.91. The first kappa shape index (κ1) is 11.5. The van der Waals surface area contributed by atoms with Crippen LogP contribution in [-0.2, 0) is 0 Å². The van der Waals surface area contributed by atoms with Crippen LogP contribution in [0.5, 0.6) is 0 Å². The molecule has 0 saturated carbocycles. The Balaban J connectivity index is 3.34. The van der Waals surface area contributed by atoms with Gasteiger partial charge in [0.15, 0.2) is 0 Å². The molecule has 0 saturated heterocycles. The average molecular weight is 170 g/mol. The molecule has 0 aromatic rings. The highest BCUT2D eigenvalue weighted by molar-refractivity contribution is 6.08. The van der Waals surface area contributed by atoms with E-state index in [1.165, 1.54) is 60.1 Å². The lowest BCUT2D eigenvalue weighted by atomic mass is 9.95. The van der Waals surface area contributed by atoms with Crippen LogP contribution in [0.2, 0.25) is 5.28 Å². The van der Waals surface area contributed by atoms with Gasteiger partial charge < -0.3 is 0 Å². The molecule has 0 radical (unpaired) electrons. The van der Waals surface area contributed by atoms with Crippen LogP contribution in [0, 0.1) is 5.92 Å². The first-order valence-corrected chi connectivity index (χ1v) is 6.76. The van der Waals surface area contributed by atoms with Gasteiger partial charge in [-0.15, -0.1) is 5.28 Å². The van der Waals surface area contributed by atoms with Gasteiger partial charge in [0.2, 0.25) is 16.3 Å². The fraction of sp³-hybridized carbons (Fsp3) is 1.00. The van der Waals surface area contributed by atoms with E-state index in [-0.39, 0.29) is 0 Å². The van der Waals surface area contributed by atoms with Crippen LogP contribution < -0.4 is 0 Å². The summed E-state index contributed by atoms with van der Waals surface area (Å²) < 4.78 is 0. The number of unbranched alkanes of at least 4 members (excludes halogenated alkanes) is 1. The minimum Gasteiger partial charge on any atom is -0.101 e. The highest BCUT2D eigenvalue weighted by Gasteiger charge is 2.04. The van der Waals surface area contributed by atoms with Crippen LogP contribution in [0.3, 0.4) is 0 Å².